The Morgan fingerprint density at radius 3 is 2.93 bits per heavy atom. The van der Waals surface area contributed by atoms with E-state index in [0.29, 0.717) is 17.7 Å². The first-order valence-corrected chi connectivity index (χ1v) is 5.75. The van der Waals surface area contributed by atoms with E-state index < -0.39 is 0 Å². The Kier molecular flexibility index (Phi) is 3.10. The maximum atomic E-state index is 5.50. The third kappa shape index (κ3) is 2.10. The summed E-state index contributed by atoms with van der Waals surface area (Å²) in [6.07, 6.45) is 5.47. The normalized spacial score (nSPS) is 43.3. The Labute approximate surface area is 86.6 Å². The Bertz CT molecular complexity index is 190. The van der Waals surface area contributed by atoms with E-state index in [1.54, 1.807) is 0 Å². The predicted molar refractivity (Wildman–Crippen MR) is 57.5 cm³/mol. The molecule has 2 aliphatic rings. The van der Waals surface area contributed by atoms with Gasteiger partial charge in [-0.2, -0.15) is 0 Å². The van der Waals surface area contributed by atoms with E-state index in [0.717, 1.165) is 13.1 Å². The van der Waals surface area contributed by atoms with Crippen LogP contribution in [0.3, 0.4) is 0 Å². The van der Waals surface area contributed by atoms with Crippen molar-refractivity contribution < 1.29 is 4.74 Å². The summed E-state index contributed by atoms with van der Waals surface area (Å²) in [6, 6.07) is 0.574. The summed E-state index contributed by atoms with van der Waals surface area (Å²) in [7, 11) is 1.83. The molecule has 0 amide bonds. The first kappa shape index (κ1) is 10.4. The molecule has 82 valence electrons. The minimum Gasteiger partial charge on any atom is -0.380 e. The van der Waals surface area contributed by atoms with Gasteiger partial charge in [-0.3, -0.25) is 0 Å². The van der Waals surface area contributed by atoms with Crippen LogP contribution in [0.1, 0.15) is 32.6 Å². The summed E-state index contributed by atoms with van der Waals surface area (Å²) in [5, 5.41) is 7.18. The van der Waals surface area contributed by atoms with Gasteiger partial charge in [0.1, 0.15) is 0 Å². The van der Waals surface area contributed by atoms with E-state index in [1.165, 1.54) is 25.7 Å². The SMILES string of the molecule is COC1CCCC1NC1(C)CCNC1. The van der Waals surface area contributed by atoms with Gasteiger partial charge in [0.25, 0.3) is 0 Å². The molecule has 3 heteroatoms. The monoisotopic (exact) mass is 198 g/mol. The van der Waals surface area contributed by atoms with Gasteiger partial charge in [0.15, 0.2) is 0 Å². The highest BCUT2D eigenvalue weighted by Crippen LogP contribution is 2.25. The molecule has 1 aliphatic carbocycles. The molecule has 14 heavy (non-hydrogen) atoms. The van der Waals surface area contributed by atoms with Gasteiger partial charge in [0.2, 0.25) is 0 Å². The summed E-state index contributed by atoms with van der Waals surface area (Å²) < 4.78 is 5.50. The maximum absolute atomic E-state index is 5.50. The zero-order valence-corrected chi connectivity index (χ0v) is 9.31. The average molecular weight is 198 g/mol. The minimum absolute atomic E-state index is 0.297. The highest BCUT2D eigenvalue weighted by Gasteiger charge is 2.35. The molecule has 0 aromatic heterocycles. The summed E-state index contributed by atoms with van der Waals surface area (Å²) >= 11 is 0. The lowest BCUT2D eigenvalue weighted by Crippen LogP contribution is -2.52. The van der Waals surface area contributed by atoms with Gasteiger partial charge < -0.3 is 15.4 Å². The van der Waals surface area contributed by atoms with Crippen molar-refractivity contribution in [1.29, 1.82) is 0 Å². The molecule has 1 heterocycles. The van der Waals surface area contributed by atoms with Crippen molar-refractivity contribution in [2.75, 3.05) is 20.2 Å². The van der Waals surface area contributed by atoms with Crippen LogP contribution in [0, 0.1) is 0 Å². The van der Waals surface area contributed by atoms with Crippen molar-refractivity contribution in [3.05, 3.63) is 0 Å². The third-order valence-corrected chi connectivity index (χ3v) is 3.66. The number of methoxy groups -OCH3 is 1. The molecule has 3 unspecified atom stereocenters. The van der Waals surface area contributed by atoms with E-state index in [9.17, 15) is 0 Å². The summed E-state index contributed by atoms with van der Waals surface area (Å²) in [4.78, 5) is 0. The standard InChI is InChI=1S/C11H22N2O/c1-11(6-7-12-8-11)13-9-4-3-5-10(9)14-2/h9-10,12-13H,3-8H2,1-2H3. The number of hydrogen-bond donors (Lipinski definition) is 2. The Morgan fingerprint density at radius 2 is 2.29 bits per heavy atom. The highest BCUT2D eigenvalue weighted by molar-refractivity contribution is 4.97. The van der Waals surface area contributed by atoms with Gasteiger partial charge >= 0.3 is 0 Å². The molecule has 2 rings (SSSR count). The fraction of sp³-hybridized carbons (Fsp3) is 1.00. The molecule has 0 aromatic rings. The fourth-order valence-corrected chi connectivity index (χ4v) is 2.76. The Hall–Kier alpha value is -0.120. The highest BCUT2D eigenvalue weighted by atomic mass is 16.5. The topological polar surface area (TPSA) is 33.3 Å². The summed E-state index contributed by atoms with van der Waals surface area (Å²) in [5.41, 5.74) is 0.297. The van der Waals surface area contributed by atoms with Crippen molar-refractivity contribution in [1.82, 2.24) is 10.6 Å². The van der Waals surface area contributed by atoms with Gasteiger partial charge in [0, 0.05) is 25.2 Å². The summed E-state index contributed by atoms with van der Waals surface area (Å²) in [5.74, 6) is 0. The number of hydrogen-bond acceptors (Lipinski definition) is 3. The second-order valence-electron chi connectivity index (χ2n) is 4.94. The van der Waals surface area contributed by atoms with Crippen LogP contribution in [-0.2, 0) is 4.74 Å². The van der Waals surface area contributed by atoms with Crippen LogP contribution in [0.2, 0.25) is 0 Å². The fourth-order valence-electron chi connectivity index (χ4n) is 2.76. The smallest absolute Gasteiger partial charge is 0.0724 e. The van der Waals surface area contributed by atoms with E-state index in [2.05, 4.69) is 17.6 Å². The molecule has 1 saturated heterocycles. The van der Waals surface area contributed by atoms with Crippen molar-refractivity contribution in [2.24, 2.45) is 0 Å². The molecule has 0 bridgehead atoms. The molecule has 3 atom stereocenters. The van der Waals surface area contributed by atoms with Crippen LogP contribution in [0.15, 0.2) is 0 Å². The van der Waals surface area contributed by atoms with Crippen LogP contribution in [-0.4, -0.2) is 37.9 Å². The van der Waals surface area contributed by atoms with Crippen LogP contribution < -0.4 is 10.6 Å². The second-order valence-corrected chi connectivity index (χ2v) is 4.94. The van der Waals surface area contributed by atoms with Crippen molar-refractivity contribution in [2.45, 2.75) is 50.3 Å². The molecular formula is C11H22N2O. The first-order chi connectivity index (χ1) is 6.73. The molecule has 1 saturated carbocycles. The number of rotatable bonds is 3. The van der Waals surface area contributed by atoms with Gasteiger partial charge in [-0.05, 0) is 39.2 Å². The second kappa shape index (κ2) is 4.17. The lowest BCUT2D eigenvalue weighted by molar-refractivity contribution is 0.0753. The van der Waals surface area contributed by atoms with E-state index >= 15 is 0 Å². The first-order valence-electron chi connectivity index (χ1n) is 5.75. The van der Waals surface area contributed by atoms with Crippen LogP contribution in [0.25, 0.3) is 0 Å². The van der Waals surface area contributed by atoms with Gasteiger partial charge in [-0.1, -0.05) is 0 Å². The molecule has 2 N–H and O–H groups in total. The maximum Gasteiger partial charge on any atom is 0.0724 e. The molecule has 0 aromatic carbocycles. The van der Waals surface area contributed by atoms with Crippen molar-refractivity contribution >= 4 is 0 Å². The van der Waals surface area contributed by atoms with Gasteiger partial charge in [0.05, 0.1) is 6.10 Å². The van der Waals surface area contributed by atoms with Gasteiger partial charge in [-0.25, -0.2) is 0 Å². The largest absolute Gasteiger partial charge is 0.380 e. The summed E-state index contributed by atoms with van der Waals surface area (Å²) in [6.45, 7) is 4.56. The lowest BCUT2D eigenvalue weighted by Gasteiger charge is -2.31. The predicted octanol–water partition coefficient (Wildman–Crippen LogP) is 0.896. The molecule has 2 fully saturated rings. The molecule has 0 spiro atoms. The molecule has 1 aliphatic heterocycles. The van der Waals surface area contributed by atoms with Crippen LogP contribution >= 0.6 is 0 Å². The molecule has 0 radical (unpaired) electrons. The number of ether oxygens (including phenoxy) is 1. The van der Waals surface area contributed by atoms with Crippen LogP contribution in [0.5, 0.6) is 0 Å². The van der Waals surface area contributed by atoms with E-state index in [4.69, 9.17) is 4.74 Å². The molecular weight excluding hydrogens is 176 g/mol. The average Bonchev–Trinajstić information content (AvgIpc) is 2.75. The Balaban J connectivity index is 1.89. The third-order valence-electron chi connectivity index (χ3n) is 3.66. The van der Waals surface area contributed by atoms with Crippen LogP contribution in [0.4, 0.5) is 0 Å². The van der Waals surface area contributed by atoms with Crippen molar-refractivity contribution in [3.63, 3.8) is 0 Å². The van der Waals surface area contributed by atoms with E-state index in [-0.39, 0.29) is 0 Å². The van der Waals surface area contributed by atoms with Crippen molar-refractivity contribution in [3.8, 4) is 0 Å². The van der Waals surface area contributed by atoms with E-state index in [1.807, 2.05) is 7.11 Å². The Morgan fingerprint density at radius 1 is 1.43 bits per heavy atom. The lowest BCUT2D eigenvalue weighted by atomic mass is 9.99. The van der Waals surface area contributed by atoms with Gasteiger partial charge in [-0.15, -0.1) is 0 Å². The quantitative estimate of drug-likeness (QED) is 0.707. The minimum atomic E-state index is 0.297. The zero-order valence-electron chi connectivity index (χ0n) is 9.31. The number of nitrogens with one attached hydrogen (secondary N) is 2. The molecule has 3 nitrogen and oxygen atoms in total. The zero-order chi connectivity index (χ0) is 10.0.